The molecule has 6 rings (SSSR count). The maximum absolute atomic E-state index is 10.8. The fourth-order valence-electron chi connectivity index (χ4n) is 4.60. The number of pyridine rings is 1. The van der Waals surface area contributed by atoms with Crippen molar-refractivity contribution in [2.45, 2.75) is 24.4 Å². The summed E-state index contributed by atoms with van der Waals surface area (Å²) in [6.45, 7) is 0.109. The van der Waals surface area contributed by atoms with Gasteiger partial charge in [-0.2, -0.15) is 4.98 Å². The minimum absolute atomic E-state index is 0.242. The first-order chi connectivity index (χ1) is 17.5. The monoisotopic (exact) mass is 507 g/mol. The number of ether oxygens (including phenoxy) is 4. The lowest BCUT2D eigenvalue weighted by atomic mass is 10.0. The summed E-state index contributed by atoms with van der Waals surface area (Å²) in [6, 6.07) is 20.2. The topological polar surface area (TPSA) is 116 Å². The third kappa shape index (κ3) is 4.42. The molecule has 4 atom stereocenters. The molecule has 2 fully saturated rings. The predicted molar refractivity (Wildman–Crippen MR) is 131 cm³/mol. The number of H-pyrrole nitrogens is 1. The van der Waals surface area contributed by atoms with Crippen molar-refractivity contribution in [2.24, 2.45) is 0 Å². The summed E-state index contributed by atoms with van der Waals surface area (Å²) in [5.74, 6) is -1.04. The van der Waals surface area contributed by atoms with Gasteiger partial charge in [0.25, 0.3) is 6.01 Å². The highest BCUT2D eigenvalue weighted by Gasteiger charge is 2.50. The van der Waals surface area contributed by atoms with Gasteiger partial charge in [-0.25, -0.2) is 9.78 Å². The van der Waals surface area contributed by atoms with Crippen LogP contribution in [-0.4, -0.2) is 70.3 Å². The first-order valence-electron chi connectivity index (χ1n) is 11.5. The molecule has 2 aromatic heterocycles. The summed E-state index contributed by atoms with van der Waals surface area (Å²) < 4.78 is 22.9. The van der Waals surface area contributed by atoms with Crippen LogP contribution in [0.1, 0.15) is 0 Å². The van der Waals surface area contributed by atoms with E-state index < -0.39 is 30.9 Å². The zero-order chi connectivity index (χ0) is 24.6. The average molecular weight is 508 g/mol. The quantitative estimate of drug-likeness (QED) is 0.386. The van der Waals surface area contributed by atoms with Crippen LogP contribution in [0.25, 0.3) is 33.5 Å². The van der Waals surface area contributed by atoms with Gasteiger partial charge in [0.15, 0.2) is 11.8 Å². The number of aromatic nitrogens is 3. The van der Waals surface area contributed by atoms with Gasteiger partial charge in [-0.3, -0.25) is 0 Å². The van der Waals surface area contributed by atoms with E-state index in [4.69, 9.17) is 35.7 Å². The van der Waals surface area contributed by atoms with Gasteiger partial charge in [-0.15, -0.1) is 0 Å². The molecule has 4 heterocycles. The Morgan fingerprint density at radius 1 is 0.972 bits per heavy atom. The Bertz CT molecular complexity index is 1390. The van der Waals surface area contributed by atoms with Gasteiger partial charge in [0.2, 0.25) is 0 Å². The number of aliphatic carboxylic acids is 1. The number of imidazole rings is 1. The highest BCUT2D eigenvalue weighted by Crippen LogP contribution is 2.33. The molecule has 0 saturated carbocycles. The molecule has 4 aromatic rings. The maximum atomic E-state index is 10.8. The standard InChI is InChI=1S/C26H22ClN3O6/c27-17-10-18-25(29-22(17)16-8-6-15(7-9-16)14-4-2-1-3-5-14)30-26(28-18)36-20-12-35-23-19(11-34-24(20)23)33-13-21(31)32/h1-10,19-20,23-24H,11-13H2,(H,31,32)(H,28,29,30)/t19-,20-,23-,24+/m1/s1. The molecule has 0 bridgehead atoms. The Morgan fingerprint density at radius 2 is 1.64 bits per heavy atom. The van der Waals surface area contributed by atoms with Gasteiger partial charge in [-0.05, 0) is 17.2 Å². The number of rotatable bonds is 7. The molecule has 0 radical (unpaired) electrons. The second-order valence-corrected chi connectivity index (χ2v) is 9.08. The Hall–Kier alpha value is -3.50. The number of hydrogen-bond acceptors (Lipinski definition) is 7. The fourth-order valence-corrected chi connectivity index (χ4v) is 4.86. The van der Waals surface area contributed by atoms with Crippen LogP contribution in [0, 0.1) is 0 Å². The number of nitrogens with zero attached hydrogens (tertiary/aromatic N) is 2. The van der Waals surface area contributed by atoms with Gasteiger partial charge in [-0.1, -0.05) is 66.2 Å². The van der Waals surface area contributed by atoms with Crippen molar-refractivity contribution in [3.8, 4) is 28.4 Å². The van der Waals surface area contributed by atoms with Crippen LogP contribution < -0.4 is 4.74 Å². The number of aromatic amines is 1. The minimum Gasteiger partial charge on any atom is -0.480 e. The Labute approximate surface area is 210 Å². The fraction of sp³-hybridized carbons (Fsp3) is 0.269. The van der Waals surface area contributed by atoms with E-state index in [1.54, 1.807) is 6.07 Å². The average Bonchev–Trinajstić information content (AvgIpc) is 3.59. The second kappa shape index (κ2) is 9.51. The summed E-state index contributed by atoms with van der Waals surface area (Å²) in [5, 5.41) is 9.33. The lowest BCUT2D eigenvalue weighted by Crippen LogP contribution is -2.36. The highest BCUT2D eigenvalue weighted by molar-refractivity contribution is 6.33. The number of carboxylic acid groups (broad SMARTS) is 1. The Morgan fingerprint density at radius 3 is 2.39 bits per heavy atom. The second-order valence-electron chi connectivity index (χ2n) is 8.67. The van der Waals surface area contributed by atoms with Gasteiger partial charge in [0.1, 0.15) is 24.9 Å². The minimum atomic E-state index is -1.04. The molecule has 0 aliphatic carbocycles. The Balaban J connectivity index is 1.19. The van der Waals surface area contributed by atoms with Crippen LogP contribution in [0.5, 0.6) is 6.01 Å². The number of fused-ring (bicyclic) bond motifs is 2. The number of hydrogen-bond donors (Lipinski definition) is 2. The van der Waals surface area contributed by atoms with E-state index in [-0.39, 0.29) is 25.3 Å². The van der Waals surface area contributed by atoms with Crippen molar-refractivity contribution < 1.29 is 28.8 Å². The van der Waals surface area contributed by atoms with Gasteiger partial charge in [0.05, 0.1) is 29.4 Å². The molecule has 0 spiro atoms. The summed E-state index contributed by atoms with van der Waals surface area (Å²) in [7, 11) is 0. The molecular weight excluding hydrogens is 486 g/mol. The molecule has 0 amide bonds. The largest absolute Gasteiger partial charge is 0.480 e. The predicted octanol–water partition coefficient (Wildman–Crippen LogP) is 3.96. The van der Waals surface area contributed by atoms with Crippen LogP contribution in [0.15, 0.2) is 60.7 Å². The van der Waals surface area contributed by atoms with Crippen molar-refractivity contribution in [3.05, 3.63) is 65.7 Å². The molecule has 2 N–H and O–H groups in total. The van der Waals surface area contributed by atoms with E-state index in [9.17, 15) is 4.79 Å². The van der Waals surface area contributed by atoms with Crippen LogP contribution in [0.3, 0.4) is 0 Å². The Kier molecular flexibility index (Phi) is 6.06. The van der Waals surface area contributed by atoms with E-state index in [0.717, 1.165) is 16.7 Å². The first-order valence-corrected chi connectivity index (χ1v) is 11.9. The molecule has 184 valence electrons. The first kappa shape index (κ1) is 22.9. The summed E-state index contributed by atoms with van der Waals surface area (Å²) in [6.07, 6.45) is -1.65. The van der Waals surface area contributed by atoms with E-state index in [1.807, 2.05) is 42.5 Å². The zero-order valence-electron chi connectivity index (χ0n) is 19.0. The lowest BCUT2D eigenvalue weighted by molar-refractivity contribution is -0.146. The smallest absolute Gasteiger partial charge is 0.329 e. The van der Waals surface area contributed by atoms with Crippen LogP contribution in [-0.2, 0) is 19.0 Å². The summed E-state index contributed by atoms with van der Waals surface area (Å²) >= 11 is 6.57. The molecule has 10 heteroatoms. The van der Waals surface area contributed by atoms with Crippen molar-refractivity contribution >= 4 is 28.7 Å². The third-order valence-electron chi connectivity index (χ3n) is 6.32. The number of nitrogens with one attached hydrogen (secondary N) is 1. The molecule has 2 saturated heterocycles. The normalized spacial score (nSPS) is 23.1. The zero-order valence-corrected chi connectivity index (χ0v) is 19.7. The van der Waals surface area contributed by atoms with Crippen molar-refractivity contribution in [2.75, 3.05) is 19.8 Å². The van der Waals surface area contributed by atoms with Gasteiger partial charge in [0, 0.05) is 5.56 Å². The van der Waals surface area contributed by atoms with Crippen LogP contribution >= 0.6 is 11.6 Å². The maximum Gasteiger partial charge on any atom is 0.329 e. The molecule has 0 unspecified atom stereocenters. The summed E-state index contributed by atoms with van der Waals surface area (Å²) in [5.41, 5.74) is 4.87. The van der Waals surface area contributed by atoms with Crippen molar-refractivity contribution in [1.29, 1.82) is 0 Å². The van der Waals surface area contributed by atoms with E-state index in [2.05, 4.69) is 27.1 Å². The molecule has 2 aliphatic rings. The van der Waals surface area contributed by atoms with Gasteiger partial charge < -0.3 is 29.0 Å². The molecule has 2 aliphatic heterocycles. The number of carboxylic acids is 1. The molecular formula is C26H22ClN3O6. The number of carbonyl (C=O) groups is 1. The lowest BCUT2D eigenvalue weighted by Gasteiger charge is -2.16. The molecule has 36 heavy (non-hydrogen) atoms. The van der Waals surface area contributed by atoms with E-state index in [1.165, 1.54) is 0 Å². The highest BCUT2D eigenvalue weighted by atomic mass is 35.5. The molecule has 2 aromatic carbocycles. The van der Waals surface area contributed by atoms with Gasteiger partial charge >= 0.3 is 5.97 Å². The number of benzene rings is 2. The van der Waals surface area contributed by atoms with E-state index in [0.29, 0.717) is 21.9 Å². The van der Waals surface area contributed by atoms with Crippen molar-refractivity contribution in [1.82, 2.24) is 15.0 Å². The van der Waals surface area contributed by atoms with Crippen LogP contribution in [0.4, 0.5) is 0 Å². The summed E-state index contributed by atoms with van der Waals surface area (Å²) in [4.78, 5) is 23.1. The SMILES string of the molecule is O=C(O)CO[C@@H]1CO[C@@H]2[C@@H]1OC[C@H]2Oc1nc2nc(-c3ccc(-c4ccccc4)cc3)c(Cl)cc2[nH]1. The number of halogens is 1. The van der Waals surface area contributed by atoms with E-state index >= 15 is 0 Å². The molecule has 9 nitrogen and oxygen atoms in total. The van der Waals surface area contributed by atoms with Crippen LogP contribution in [0.2, 0.25) is 5.02 Å². The third-order valence-corrected chi connectivity index (χ3v) is 6.60. The van der Waals surface area contributed by atoms with Crippen molar-refractivity contribution in [3.63, 3.8) is 0 Å².